The summed E-state index contributed by atoms with van der Waals surface area (Å²) >= 11 is 0. The standard InChI is InChI=1S/C22H22F3N3O3S/c1-14-15(2)26-20-8-3-16(13-19(14)20)21(29)27-9-11-28(12-10-27)32(30,31)18-6-4-17(5-7-18)22(23,24)25/h3-8,13,26H,9-12H2,1-2H3. The number of aromatic nitrogens is 1. The van der Waals surface area contributed by atoms with Crippen LogP contribution in [0.2, 0.25) is 0 Å². The van der Waals surface area contributed by atoms with Gasteiger partial charge in [-0.1, -0.05) is 0 Å². The van der Waals surface area contributed by atoms with Crippen molar-refractivity contribution in [1.29, 1.82) is 0 Å². The van der Waals surface area contributed by atoms with Crippen molar-refractivity contribution >= 4 is 26.8 Å². The summed E-state index contributed by atoms with van der Waals surface area (Å²) in [7, 11) is -3.95. The first kappa shape index (κ1) is 22.3. The maximum absolute atomic E-state index is 13.0. The highest BCUT2D eigenvalue weighted by molar-refractivity contribution is 7.89. The first-order valence-electron chi connectivity index (χ1n) is 10.0. The predicted octanol–water partition coefficient (Wildman–Crippen LogP) is 3.95. The number of piperazine rings is 1. The lowest BCUT2D eigenvalue weighted by Gasteiger charge is -2.34. The van der Waals surface area contributed by atoms with Crippen LogP contribution in [0.5, 0.6) is 0 Å². The second kappa shape index (κ2) is 7.93. The minimum atomic E-state index is -4.53. The van der Waals surface area contributed by atoms with Gasteiger partial charge in [0.2, 0.25) is 10.0 Å². The molecule has 2 aromatic carbocycles. The number of hydrogen-bond acceptors (Lipinski definition) is 3. The Hall–Kier alpha value is -2.85. The second-order valence-electron chi connectivity index (χ2n) is 7.85. The number of rotatable bonds is 3. The Balaban J connectivity index is 1.46. The molecule has 4 rings (SSSR count). The fourth-order valence-electron chi connectivity index (χ4n) is 3.87. The maximum Gasteiger partial charge on any atom is 0.416 e. The molecule has 0 spiro atoms. The van der Waals surface area contributed by atoms with Gasteiger partial charge in [-0.05, 0) is 61.9 Å². The van der Waals surface area contributed by atoms with Gasteiger partial charge in [-0.2, -0.15) is 17.5 Å². The van der Waals surface area contributed by atoms with Crippen LogP contribution < -0.4 is 0 Å². The largest absolute Gasteiger partial charge is 0.416 e. The highest BCUT2D eigenvalue weighted by Crippen LogP contribution is 2.30. The first-order chi connectivity index (χ1) is 15.0. The highest BCUT2D eigenvalue weighted by Gasteiger charge is 2.33. The van der Waals surface area contributed by atoms with Gasteiger partial charge in [-0.3, -0.25) is 4.79 Å². The molecule has 0 bridgehead atoms. The van der Waals surface area contributed by atoms with E-state index in [0.717, 1.165) is 46.4 Å². The third-order valence-corrected chi connectivity index (χ3v) is 7.81. The summed E-state index contributed by atoms with van der Waals surface area (Å²) in [5.74, 6) is -0.184. The number of aromatic amines is 1. The average molecular weight is 465 g/mol. The van der Waals surface area contributed by atoms with Gasteiger partial charge in [0.15, 0.2) is 0 Å². The zero-order valence-electron chi connectivity index (χ0n) is 17.5. The molecule has 0 radical (unpaired) electrons. The molecule has 10 heteroatoms. The Labute approximate surface area is 183 Å². The quantitative estimate of drug-likeness (QED) is 0.637. The van der Waals surface area contributed by atoms with Crippen LogP contribution in [0.4, 0.5) is 13.2 Å². The monoisotopic (exact) mass is 465 g/mol. The molecule has 3 aromatic rings. The van der Waals surface area contributed by atoms with E-state index >= 15 is 0 Å². The SMILES string of the molecule is Cc1[nH]c2ccc(C(=O)N3CCN(S(=O)(=O)c4ccc(C(F)(F)F)cc4)CC3)cc2c1C. The Morgan fingerprint density at radius 3 is 2.19 bits per heavy atom. The molecule has 6 nitrogen and oxygen atoms in total. The van der Waals surface area contributed by atoms with Crippen molar-refractivity contribution in [2.75, 3.05) is 26.2 Å². The van der Waals surface area contributed by atoms with Crippen molar-refractivity contribution in [1.82, 2.24) is 14.2 Å². The molecule has 1 aromatic heterocycles. The third-order valence-electron chi connectivity index (χ3n) is 5.90. The summed E-state index contributed by atoms with van der Waals surface area (Å²) in [5.41, 5.74) is 2.67. The predicted molar refractivity (Wildman–Crippen MR) is 114 cm³/mol. The number of H-pyrrole nitrogens is 1. The fraction of sp³-hybridized carbons (Fsp3) is 0.318. The zero-order valence-corrected chi connectivity index (χ0v) is 18.3. The van der Waals surface area contributed by atoms with Gasteiger partial charge < -0.3 is 9.88 Å². The van der Waals surface area contributed by atoms with Crippen LogP contribution in [0.1, 0.15) is 27.2 Å². The van der Waals surface area contributed by atoms with Gasteiger partial charge in [0, 0.05) is 48.3 Å². The van der Waals surface area contributed by atoms with E-state index in [1.165, 1.54) is 4.31 Å². The second-order valence-corrected chi connectivity index (χ2v) is 9.79. The van der Waals surface area contributed by atoms with Crippen LogP contribution in [-0.4, -0.2) is 54.7 Å². The third kappa shape index (κ3) is 4.00. The maximum atomic E-state index is 13.0. The number of hydrogen-bond donors (Lipinski definition) is 1. The molecule has 1 aliphatic heterocycles. The smallest absolute Gasteiger partial charge is 0.358 e. The van der Waals surface area contributed by atoms with Crippen LogP contribution in [-0.2, 0) is 16.2 Å². The van der Waals surface area contributed by atoms with Gasteiger partial charge >= 0.3 is 6.18 Å². The molecule has 1 N–H and O–H groups in total. The Morgan fingerprint density at radius 1 is 0.969 bits per heavy atom. The van der Waals surface area contributed by atoms with Crippen molar-refractivity contribution in [3.63, 3.8) is 0 Å². The number of carbonyl (C=O) groups excluding carboxylic acids is 1. The lowest BCUT2D eigenvalue weighted by atomic mass is 10.1. The topological polar surface area (TPSA) is 73.5 Å². The van der Waals surface area contributed by atoms with E-state index in [-0.39, 0.29) is 37.0 Å². The van der Waals surface area contributed by atoms with Gasteiger partial charge in [0.25, 0.3) is 5.91 Å². The number of nitrogens with zero attached hydrogens (tertiary/aromatic N) is 2. The van der Waals surface area contributed by atoms with E-state index in [4.69, 9.17) is 0 Å². The normalized spacial score (nSPS) is 16.0. The van der Waals surface area contributed by atoms with Crippen molar-refractivity contribution in [2.45, 2.75) is 24.9 Å². The van der Waals surface area contributed by atoms with Gasteiger partial charge in [0.1, 0.15) is 0 Å². The van der Waals surface area contributed by atoms with E-state index < -0.39 is 21.8 Å². The molecule has 170 valence electrons. The number of amides is 1. The van der Waals surface area contributed by atoms with Crippen molar-refractivity contribution in [3.8, 4) is 0 Å². The van der Waals surface area contributed by atoms with Crippen LogP contribution in [0.15, 0.2) is 47.4 Å². The van der Waals surface area contributed by atoms with Crippen molar-refractivity contribution in [2.24, 2.45) is 0 Å². The lowest BCUT2D eigenvalue weighted by molar-refractivity contribution is -0.137. The molecular formula is C22H22F3N3O3S. The molecule has 0 aliphatic carbocycles. The van der Waals surface area contributed by atoms with Crippen molar-refractivity contribution in [3.05, 3.63) is 64.8 Å². The lowest BCUT2D eigenvalue weighted by Crippen LogP contribution is -2.50. The number of benzene rings is 2. The molecule has 1 saturated heterocycles. The number of carbonyl (C=O) groups is 1. The van der Waals surface area contributed by atoms with Crippen LogP contribution in [0, 0.1) is 13.8 Å². The molecule has 0 saturated carbocycles. The number of halogens is 3. The molecule has 2 heterocycles. The van der Waals surface area contributed by atoms with E-state index in [9.17, 15) is 26.4 Å². The van der Waals surface area contributed by atoms with E-state index in [2.05, 4.69) is 4.98 Å². The number of alkyl halides is 3. The minimum absolute atomic E-state index is 0.0691. The highest BCUT2D eigenvalue weighted by atomic mass is 32.2. The summed E-state index contributed by atoms with van der Waals surface area (Å²) in [6, 6.07) is 8.88. The first-order valence-corrected chi connectivity index (χ1v) is 11.5. The Bertz CT molecular complexity index is 1270. The molecule has 0 unspecified atom stereocenters. The molecular weight excluding hydrogens is 443 g/mol. The minimum Gasteiger partial charge on any atom is -0.358 e. The summed E-state index contributed by atoms with van der Waals surface area (Å²) in [6.45, 7) is 4.48. The summed E-state index contributed by atoms with van der Waals surface area (Å²) < 4.78 is 65.1. The van der Waals surface area contributed by atoms with E-state index in [1.54, 1.807) is 11.0 Å². The Kier molecular flexibility index (Phi) is 5.54. The zero-order chi connectivity index (χ0) is 23.3. The average Bonchev–Trinajstić information content (AvgIpc) is 3.06. The fourth-order valence-corrected chi connectivity index (χ4v) is 5.30. The Morgan fingerprint density at radius 2 is 1.59 bits per heavy atom. The number of nitrogens with one attached hydrogen (secondary N) is 1. The van der Waals surface area contributed by atoms with Gasteiger partial charge in [0.05, 0.1) is 10.5 Å². The number of sulfonamides is 1. The summed E-state index contributed by atoms with van der Waals surface area (Å²) in [4.78, 5) is 17.6. The van der Waals surface area contributed by atoms with Gasteiger partial charge in [-0.15, -0.1) is 0 Å². The van der Waals surface area contributed by atoms with E-state index in [0.29, 0.717) is 5.56 Å². The molecule has 1 aliphatic rings. The van der Waals surface area contributed by atoms with E-state index in [1.807, 2.05) is 26.0 Å². The summed E-state index contributed by atoms with van der Waals surface area (Å²) in [5, 5.41) is 0.969. The molecule has 1 fully saturated rings. The summed E-state index contributed by atoms with van der Waals surface area (Å²) in [6.07, 6.45) is -4.53. The molecule has 1 amide bonds. The number of fused-ring (bicyclic) bond motifs is 1. The number of aryl methyl sites for hydroxylation is 2. The van der Waals surface area contributed by atoms with Crippen LogP contribution in [0.3, 0.4) is 0 Å². The molecule has 0 atom stereocenters. The molecule has 32 heavy (non-hydrogen) atoms. The van der Waals surface area contributed by atoms with Crippen molar-refractivity contribution < 1.29 is 26.4 Å². The van der Waals surface area contributed by atoms with Gasteiger partial charge in [-0.25, -0.2) is 8.42 Å². The van der Waals surface area contributed by atoms with Crippen LogP contribution in [0.25, 0.3) is 10.9 Å². The van der Waals surface area contributed by atoms with Crippen LogP contribution >= 0.6 is 0 Å².